The normalized spacial score (nSPS) is 14.8. The molecule has 0 aliphatic rings. The van der Waals surface area contributed by atoms with Crippen molar-refractivity contribution < 1.29 is 9.52 Å². The zero-order chi connectivity index (χ0) is 9.35. The first-order chi connectivity index (χ1) is 5.41. The van der Waals surface area contributed by atoms with E-state index in [4.69, 9.17) is 4.42 Å². The van der Waals surface area contributed by atoms with Crippen LogP contribution in [0.2, 0.25) is 0 Å². The van der Waals surface area contributed by atoms with Gasteiger partial charge in [-0.15, -0.1) is 0 Å². The molecule has 2 heteroatoms. The number of aliphatic hydroxyl groups is 1. The van der Waals surface area contributed by atoms with Gasteiger partial charge in [-0.05, 0) is 13.0 Å². The van der Waals surface area contributed by atoms with Gasteiger partial charge in [0.15, 0.2) is 0 Å². The van der Waals surface area contributed by atoms with E-state index < -0.39 is 6.10 Å². The third-order valence-corrected chi connectivity index (χ3v) is 1.84. The zero-order valence-electron chi connectivity index (χ0n) is 8.09. The van der Waals surface area contributed by atoms with Crippen molar-refractivity contribution in [2.45, 2.75) is 39.2 Å². The van der Waals surface area contributed by atoms with Crippen molar-refractivity contribution in [2.75, 3.05) is 0 Å². The molecule has 0 bridgehead atoms. The molecule has 0 radical (unpaired) electrons. The van der Waals surface area contributed by atoms with Crippen LogP contribution in [-0.2, 0) is 5.41 Å². The number of hydrogen-bond acceptors (Lipinski definition) is 2. The number of hydrogen-bond donors (Lipinski definition) is 1. The highest BCUT2D eigenvalue weighted by Gasteiger charge is 2.18. The van der Waals surface area contributed by atoms with Gasteiger partial charge in [0.05, 0.1) is 12.4 Å². The Morgan fingerprint density at radius 2 is 2.00 bits per heavy atom. The van der Waals surface area contributed by atoms with Crippen molar-refractivity contribution in [3.8, 4) is 0 Å². The highest BCUT2D eigenvalue weighted by atomic mass is 16.3. The lowest BCUT2D eigenvalue weighted by Gasteiger charge is -2.13. The highest BCUT2D eigenvalue weighted by molar-refractivity contribution is 5.19. The molecular formula is C10H16O2. The number of furan rings is 1. The second kappa shape index (κ2) is 2.94. The van der Waals surface area contributed by atoms with Crippen LogP contribution in [0, 0.1) is 0 Å². The van der Waals surface area contributed by atoms with Crippen LogP contribution < -0.4 is 0 Å². The molecule has 1 aromatic heterocycles. The average Bonchev–Trinajstić information content (AvgIpc) is 2.30. The van der Waals surface area contributed by atoms with Crippen molar-refractivity contribution in [1.29, 1.82) is 0 Å². The molecule has 0 aromatic carbocycles. The minimum Gasteiger partial charge on any atom is -0.468 e. The SMILES string of the molecule is CC(O)c1coc(C(C)(C)C)c1. The second-order valence-corrected chi connectivity index (χ2v) is 4.17. The molecule has 0 saturated carbocycles. The minimum atomic E-state index is -0.440. The molecule has 1 unspecified atom stereocenters. The monoisotopic (exact) mass is 168 g/mol. The standard InChI is InChI=1S/C10H16O2/c1-7(11)8-5-9(12-6-8)10(2,3)4/h5-7,11H,1-4H3. The van der Waals surface area contributed by atoms with Crippen LogP contribution in [0.25, 0.3) is 0 Å². The molecule has 2 nitrogen and oxygen atoms in total. The van der Waals surface area contributed by atoms with Crippen molar-refractivity contribution in [3.05, 3.63) is 23.7 Å². The Kier molecular flexibility index (Phi) is 2.29. The van der Waals surface area contributed by atoms with Gasteiger partial charge in [-0.2, -0.15) is 0 Å². The fourth-order valence-corrected chi connectivity index (χ4v) is 0.963. The number of rotatable bonds is 1. The summed E-state index contributed by atoms with van der Waals surface area (Å²) < 4.78 is 5.33. The van der Waals surface area contributed by atoms with Crippen LogP contribution >= 0.6 is 0 Å². The molecule has 0 aliphatic carbocycles. The zero-order valence-corrected chi connectivity index (χ0v) is 8.09. The van der Waals surface area contributed by atoms with E-state index in [2.05, 4.69) is 20.8 Å². The summed E-state index contributed by atoms with van der Waals surface area (Å²) in [6.07, 6.45) is 1.18. The summed E-state index contributed by atoms with van der Waals surface area (Å²) in [5.74, 6) is 0.915. The first-order valence-electron chi connectivity index (χ1n) is 4.18. The van der Waals surface area contributed by atoms with Crippen molar-refractivity contribution >= 4 is 0 Å². The maximum atomic E-state index is 9.24. The van der Waals surface area contributed by atoms with Gasteiger partial charge < -0.3 is 9.52 Å². The third kappa shape index (κ3) is 1.89. The molecule has 1 N–H and O–H groups in total. The molecule has 1 heterocycles. The van der Waals surface area contributed by atoms with Crippen LogP contribution in [0.5, 0.6) is 0 Å². The first kappa shape index (κ1) is 9.33. The van der Waals surface area contributed by atoms with Crippen molar-refractivity contribution in [1.82, 2.24) is 0 Å². The van der Waals surface area contributed by atoms with Gasteiger partial charge in [-0.25, -0.2) is 0 Å². The summed E-state index contributed by atoms with van der Waals surface area (Å²) in [7, 11) is 0. The van der Waals surface area contributed by atoms with E-state index in [1.165, 1.54) is 0 Å². The lowest BCUT2D eigenvalue weighted by Crippen LogP contribution is -2.09. The van der Waals surface area contributed by atoms with E-state index in [1.54, 1.807) is 13.2 Å². The van der Waals surface area contributed by atoms with Gasteiger partial charge in [0.25, 0.3) is 0 Å². The second-order valence-electron chi connectivity index (χ2n) is 4.17. The summed E-state index contributed by atoms with van der Waals surface area (Å²) in [5.41, 5.74) is 0.868. The van der Waals surface area contributed by atoms with Crippen LogP contribution in [-0.4, -0.2) is 5.11 Å². The topological polar surface area (TPSA) is 33.4 Å². The molecule has 0 amide bonds. The molecule has 0 aliphatic heterocycles. The average molecular weight is 168 g/mol. The Labute approximate surface area is 73.2 Å². The van der Waals surface area contributed by atoms with E-state index in [0.717, 1.165) is 11.3 Å². The lowest BCUT2D eigenvalue weighted by atomic mass is 9.93. The maximum absolute atomic E-state index is 9.24. The molecule has 1 atom stereocenters. The van der Waals surface area contributed by atoms with Crippen LogP contribution in [0.1, 0.15) is 45.1 Å². The predicted octanol–water partition coefficient (Wildman–Crippen LogP) is 2.63. The smallest absolute Gasteiger partial charge is 0.109 e. The molecular weight excluding hydrogens is 152 g/mol. The number of aliphatic hydroxyl groups excluding tert-OH is 1. The summed E-state index contributed by atoms with van der Waals surface area (Å²) >= 11 is 0. The molecule has 0 fully saturated rings. The van der Waals surface area contributed by atoms with E-state index in [1.807, 2.05) is 6.07 Å². The molecule has 68 valence electrons. The van der Waals surface area contributed by atoms with Crippen LogP contribution in [0.4, 0.5) is 0 Å². The van der Waals surface area contributed by atoms with Gasteiger partial charge in [0.2, 0.25) is 0 Å². The fourth-order valence-electron chi connectivity index (χ4n) is 0.963. The van der Waals surface area contributed by atoms with E-state index >= 15 is 0 Å². The van der Waals surface area contributed by atoms with Gasteiger partial charge in [0, 0.05) is 11.0 Å². The van der Waals surface area contributed by atoms with Gasteiger partial charge in [0.1, 0.15) is 5.76 Å². The summed E-state index contributed by atoms with van der Waals surface area (Å²) in [5, 5.41) is 9.24. The van der Waals surface area contributed by atoms with E-state index in [-0.39, 0.29) is 5.41 Å². The highest BCUT2D eigenvalue weighted by Crippen LogP contribution is 2.26. The Hall–Kier alpha value is -0.760. The molecule has 0 spiro atoms. The molecule has 1 aromatic rings. The lowest BCUT2D eigenvalue weighted by molar-refractivity contribution is 0.198. The quantitative estimate of drug-likeness (QED) is 0.699. The van der Waals surface area contributed by atoms with Crippen LogP contribution in [0.3, 0.4) is 0 Å². The Balaban J connectivity index is 2.92. The Morgan fingerprint density at radius 3 is 2.25 bits per heavy atom. The summed E-state index contributed by atoms with van der Waals surface area (Å²) in [4.78, 5) is 0. The Bertz CT molecular complexity index is 253. The minimum absolute atomic E-state index is 0.0210. The Morgan fingerprint density at radius 1 is 1.42 bits per heavy atom. The maximum Gasteiger partial charge on any atom is 0.109 e. The molecule has 0 saturated heterocycles. The first-order valence-corrected chi connectivity index (χ1v) is 4.18. The third-order valence-electron chi connectivity index (χ3n) is 1.84. The summed E-state index contributed by atoms with van der Waals surface area (Å²) in [6.45, 7) is 7.98. The van der Waals surface area contributed by atoms with Gasteiger partial charge >= 0.3 is 0 Å². The fraction of sp³-hybridized carbons (Fsp3) is 0.600. The summed E-state index contributed by atoms with van der Waals surface area (Å²) in [6, 6.07) is 1.91. The van der Waals surface area contributed by atoms with Crippen molar-refractivity contribution in [3.63, 3.8) is 0 Å². The molecule has 12 heavy (non-hydrogen) atoms. The largest absolute Gasteiger partial charge is 0.468 e. The van der Waals surface area contributed by atoms with Crippen LogP contribution in [0.15, 0.2) is 16.7 Å². The molecule has 1 rings (SSSR count). The van der Waals surface area contributed by atoms with E-state index in [0.29, 0.717) is 0 Å². The van der Waals surface area contributed by atoms with E-state index in [9.17, 15) is 5.11 Å². The van der Waals surface area contributed by atoms with Gasteiger partial charge in [-0.3, -0.25) is 0 Å². The van der Waals surface area contributed by atoms with Gasteiger partial charge in [-0.1, -0.05) is 20.8 Å². The predicted molar refractivity (Wildman–Crippen MR) is 48.0 cm³/mol. The van der Waals surface area contributed by atoms with Crippen molar-refractivity contribution in [2.24, 2.45) is 0 Å².